The maximum Gasteiger partial charge on any atom is 0.217 e. The molecule has 0 aliphatic carbocycles. The van der Waals surface area contributed by atoms with Gasteiger partial charge in [0.2, 0.25) is 5.91 Å². The van der Waals surface area contributed by atoms with Crippen molar-refractivity contribution in [3.05, 3.63) is 35.4 Å². The maximum atomic E-state index is 10.9. The van der Waals surface area contributed by atoms with Gasteiger partial charge in [-0.15, -0.1) is 0 Å². The average Bonchev–Trinajstić information content (AvgIpc) is 2.25. The fourth-order valence-corrected chi connectivity index (χ4v) is 2.59. The molecule has 1 aliphatic rings. The second kappa shape index (κ2) is 5.53. The van der Waals surface area contributed by atoms with Crippen LogP contribution in [0.5, 0.6) is 0 Å². The monoisotopic (exact) mass is 246 g/mol. The van der Waals surface area contributed by atoms with E-state index in [0.717, 1.165) is 6.42 Å². The van der Waals surface area contributed by atoms with Crippen molar-refractivity contribution in [2.24, 2.45) is 0 Å². The fourth-order valence-electron chi connectivity index (χ4n) is 2.59. The first-order valence-electron chi connectivity index (χ1n) is 6.59. The Hall–Kier alpha value is -1.35. The Morgan fingerprint density at radius 3 is 2.50 bits per heavy atom. The van der Waals surface area contributed by atoms with Crippen LogP contribution in [0.2, 0.25) is 0 Å². The minimum Gasteiger partial charge on any atom is -0.354 e. The van der Waals surface area contributed by atoms with E-state index in [4.69, 9.17) is 0 Å². The molecule has 1 heterocycles. The predicted octanol–water partition coefficient (Wildman–Crippen LogP) is 1.78. The van der Waals surface area contributed by atoms with E-state index in [1.807, 2.05) is 6.92 Å². The molecule has 1 fully saturated rings. The number of benzene rings is 1. The van der Waals surface area contributed by atoms with Gasteiger partial charge in [0, 0.05) is 32.0 Å². The minimum absolute atomic E-state index is 0.0385. The molecule has 1 atom stereocenters. The summed E-state index contributed by atoms with van der Waals surface area (Å²) >= 11 is 0. The Labute approximate surface area is 109 Å². The molecule has 18 heavy (non-hydrogen) atoms. The molecule has 0 spiro atoms. The summed E-state index contributed by atoms with van der Waals surface area (Å²) in [7, 11) is 2.15. The zero-order valence-corrected chi connectivity index (χ0v) is 11.4. The van der Waals surface area contributed by atoms with Crippen LogP contribution in [0.25, 0.3) is 0 Å². The zero-order chi connectivity index (χ0) is 13.1. The van der Waals surface area contributed by atoms with Crippen LogP contribution in [0, 0.1) is 0 Å². The number of carbonyl (C=O) groups is 1. The molecule has 1 aromatic rings. The second-order valence-electron chi connectivity index (χ2n) is 5.47. The molecule has 3 nitrogen and oxygen atoms in total. The van der Waals surface area contributed by atoms with Gasteiger partial charge in [-0.05, 0) is 31.5 Å². The molecule has 98 valence electrons. The van der Waals surface area contributed by atoms with Crippen LogP contribution in [-0.2, 0) is 11.2 Å². The van der Waals surface area contributed by atoms with Crippen molar-refractivity contribution in [1.82, 2.24) is 10.2 Å². The lowest BCUT2D eigenvalue weighted by Crippen LogP contribution is -2.41. The smallest absolute Gasteiger partial charge is 0.217 e. The summed E-state index contributed by atoms with van der Waals surface area (Å²) in [5.74, 6) is 0.744. The Morgan fingerprint density at radius 1 is 1.39 bits per heavy atom. The molecular weight excluding hydrogens is 224 g/mol. The Kier molecular flexibility index (Phi) is 4.02. The van der Waals surface area contributed by atoms with Gasteiger partial charge in [-0.2, -0.15) is 0 Å². The standard InChI is InChI=1S/C15H22N2O/c1-11(16-12(2)18)8-13-4-6-14(7-5-13)15-9-17(3)10-15/h4-7,11,15H,8-10H2,1-3H3,(H,16,18)/t11-/m1/s1. The van der Waals surface area contributed by atoms with Crippen molar-refractivity contribution in [1.29, 1.82) is 0 Å². The number of likely N-dealkylation sites (tertiary alicyclic amines) is 1. The third-order valence-electron chi connectivity index (χ3n) is 3.51. The number of hydrogen-bond donors (Lipinski definition) is 1. The number of carbonyl (C=O) groups excluding carboxylic acids is 1. The van der Waals surface area contributed by atoms with Gasteiger partial charge in [0.1, 0.15) is 0 Å². The molecule has 0 bridgehead atoms. The largest absolute Gasteiger partial charge is 0.354 e. The van der Waals surface area contributed by atoms with Crippen LogP contribution in [-0.4, -0.2) is 37.0 Å². The second-order valence-corrected chi connectivity index (χ2v) is 5.47. The van der Waals surface area contributed by atoms with Gasteiger partial charge < -0.3 is 10.2 Å². The maximum absolute atomic E-state index is 10.9. The zero-order valence-electron chi connectivity index (χ0n) is 11.4. The van der Waals surface area contributed by atoms with Gasteiger partial charge >= 0.3 is 0 Å². The van der Waals surface area contributed by atoms with Gasteiger partial charge in [-0.1, -0.05) is 24.3 Å². The number of amides is 1. The van der Waals surface area contributed by atoms with Gasteiger partial charge in [0.15, 0.2) is 0 Å². The molecular formula is C15H22N2O. The molecule has 0 unspecified atom stereocenters. The minimum atomic E-state index is 0.0385. The molecule has 2 rings (SSSR count). The number of hydrogen-bond acceptors (Lipinski definition) is 2. The summed E-state index contributed by atoms with van der Waals surface area (Å²) in [5.41, 5.74) is 2.72. The number of nitrogens with one attached hydrogen (secondary N) is 1. The highest BCUT2D eigenvalue weighted by molar-refractivity contribution is 5.73. The third-order valence-corrected chi connectivity index (χ3v) is 3.51. The Balaban J connectivity index is 1.89. The van der Waals surface area contributed by atoms with Crippen LogP contribution < -0.4 is 5.32 Å². The molecule has 1 amide bonds. The summed E-state index contributed by atoms with van der Waals surface area (Å²) in [6, 6.07) is 9.03. The van der Waals surface area contributed by atoms with Gasteiger partial charge in [-0.25, -0.2) is 0 Å². The van der Waals surface area contributed by atoms with Gasteiger partial charge in [0.05, 0.1) is 0 Å². The van der Waals surface area contributed by atoms with E-state index in [2.05, 4.69) is 41.5 Å². The summed E-state index contributed by atoms with van der Waals surface area (Å²) in [5, 5.41) is 2.91. The average molecular weight is 246 g/mol. The van der Waals surface area contributed by atoms with E-state index < -0.39 is 0 Å². The lowest BCUT2D eigenvalue weighted by atomic mass is 9.91. The van der Waals surface area contributed by atoms with Crippen molar-refractivity contribution in [3.8, 4) is 0 Å². The normalized spacial score (nSPS) is 18.2. The van der Waals surface area contributed by atoms with Crippen molar-refractivity contribution in [2.45, 2.75) is 32.2 Å². The van der Waals surface area contributed by atoms with Crippen LogP contribution in [0.4, 0.5) is 0 Å². The van der Waals surface area contributed by atoms with Crippen molar-refractivity contribution < 1.29 is 4.79 Å². The summed E-state index contributed by atoms with van der Waals surface area (Å²) in [6.45, 7) is 5.94. The molecule has 0 radical (unpaired) electrons. The van der Waals surface area contributed by atoms with E-state index in [-0.39, 0.29) is 11.9 Å². The van der Waals surface area contributed by atoms with Crippen molar-refractivity contribution >= 4 is 5.91 Å². The third kappa shape index (κ3) is 3.33. The highest BCUT2D eigenvalue weighted by Gasteiger charge is 2.24. The van der Waals surface area contributed by atoms with E-state index >= 15 is 0 Å². The van der Waals surface area contributed by atoms with E-state index in [1.165, 1.54) is 24.2 Å². The molecule has 1 aliphatic heterocycles. The van der Waals surface area contributed by atoms with E-state index in [0.29, 0.717) is 5.92 Å². The number of likely N-dealkylation sites (N-methyl/N-ethyl adjacent to an activating group) is 1. The van der Waals surface area contributed by atoms with Crippen molar-refractivity contribution in [3.63, 3.8) is 0 Å². The summed E-state index contributed by atoms with van der Waals surface area (Å²) < 4.78 is 0. The SMILES string of the molecule is CC(=O)N[C@H](C)Cc1ccc(C2CN(C)C2)cc1. The van der Waals surface area contributed by atoms with Crippen LogP contribution in [0.15, 0.2) is 24.3 Å². The lowest BCUT2D eigenvalue weighted by molar-refractivity contribution is -0.119. The highest BCUT2D eigenvalue weighted by atomic mass is 16.1. The van der Waals surface area contributed by atoms with E-state index in [1.54, 1.807) is 6.92 Å². The van der Waals surface area contributed by atoms with Crippen LogP contribution >= 0.6 is 0 Å². The van der Waals surface area contributed by atoms with Crippen molar-refractivity contribution in [2.75, 3.05) is 20.1 Å². The quantitative estimate of drug-likeness (QED) is 0.878. The molecule has 1 saturated heterocycles. The number of rotatable bonds is 4. The first-order chi connectivity index (χ1) is 8.54. The molecule has 1 N–H and O–H groups in total. The van der Waals surface area contributed by atoms with Crippen LogP contribution in [0.3, 0.4) is 0 Å². The topological polar surface area (TPSA) is 32.3 Å². The lowest BCUT2D eigenvalue weighted by Gasteiger charge is -2.36. The van der Waals surface area contributed by atoms with E-state index in [9.17, 15) is 4.79 Å². The Morgan fingerprint density at radius 2 is 2.00 bits per heavy atom. The first-order valence-corrected chi connectivity index (χ1v) is 6.59. The molecule has 1 aromatic carbocycles. The van der Waals surface area contributed by atoms with Gasteiger partial charge in [0.25, 0.3) is 0 Å². The first kappa shape index (κ1) is 13.1. The molecule has 0 aromatic heterocycles. The Bertz CT molecular complexity index is 407. The van der Waals surface area contributed by atoms with Crippen LogP contribution in [0.1, 0.15) is 30.9 Å². The molecule has 0 saturated carbocycles. The molecule has 3 heteroatoms. The summed E-state index contributed by atoms with van der Waals surface area (Å²) in [4.78, 5) is 13.3. The fraction of sp³-hybridized carbons (Fsp3) is 0.533. The predicted molar refractivity (Wildman–Crippen MR) is 73.7 cm³/mol. The highest BCUT2D eigenvalue weighted by Crippen LogP contribution is 2.25. The van der Waals surface area contributed by atoms with Gasteiger partial charge in [-0.3, -0.25) is 4.79 Å². The number of nitrogens with zero attached hydrogens (tertiary/aromatic N) is 1. The summed E-state index contributed by atoms with van der Waals surface area (Å²) in [6.07, 6.45) is 0.893.